The van der Waals surface area contributed by atoms with E-state index in [1.807, 2.05) is 6.92 Å². The summed E-state index contributed by atoms with van der Waals surface area (Å²) in [7, 11) is 0. The van der Waals surface area contributed by atoms with Gasteiger partial charge >= 0.3 is 6.18 Å². The third-order valence-electron chi connectivity index (χ3n) is 3.63. The predicted octanol–water partition coefficient (Wildman–Crippen LogP) is 2.78. The van der Waals surface area contributed by atoms with Crippen molar-refractivity contribution in [1.82, 2.24) is 5.32 Å². The molecule has 1 unspecified atom stereocenters. The molecule has 21 heavy (non-hydrogen) atoms. The molecule has 1 heterocycles. The summed E-state index contributed by atoms with van der Waals surface area (Å²) < 4.78 is 39.8. The van der Waals surface area contributed by atoms with E-state index in [9.17, 15) is 18.3 Å². The second-order valence-corrected chi connectivity index (χ2v) is 5.41. The van der Waals surface area contributed by atoms with Crippen molar-refractivity contribution in [1.29, 1.82) is 0 Å². The smallest absolute Gasteiger partial charge is 0.391 e. The van der Waals surface area contributed by atoms with E-state index in [1.54, 1.807) is 11.0 Å². The number of alkyl halides is 3. The average molecular weight is 302 g/mol. The van der Waals surface area contributed by atoms with Gasteiger partial charge in [-0.15, -0.1) is 0 Å². The molecule has 1 saturated heterocycles. The lowest BCUT2D eigenvalue weighted by molar-refractivity contribution is -0.137. The maximum absolute atomic E-state index is 13.3. The van der Waals surface area contributed by atoms with Crippen LogP contribution in [0.3, 0.4) is 0 Å². The van der Waals surface area contributed by atoms with E-state index in [0.717, 1.165) is 13.0 Å². The topological polar surface area (TPSA) is 35.5 Å². The largest absolute Gasteiger partial charge is 0.418 e. The van der Waals surface area contributed by atoms with Gasteiger partial charge in [-0.05, 0) is 37.1 Å². The van der Waals surface area contributed by atoms with E-state index >= 15 is 0 Å². The van der Waals surface area contributed by atoms with Crippen molar-refractivity contribution in [3.8, 4) is 0 Å². The highest BCUT2D eigenvalue weighted by Gasteiger charge is 2.36. The van der Waals surface area contributed by atoms with Crippen molar-refractivity contribution in [2.24, 2.45) is 0 Å². The Kier molecular flexibility index (Phi) is 5.11. The summed E-state index contributed by atoms with van der Waals surface area (Å²) >= 11 is 0. The zero-order valence-corrected chi connectivity index (χ0v) is 12.1. The molecule has 1 aromatic rings. The van der Waals surface area contributed by atoms with Gasteiger partial charge in [0.1, 0.15) is 0 Å². The number of anilines is 1. The molecule has 6 heteroatoms. The standard InChI is InChI=1S/C15H21F3N2O/c1-2-6-19-9-11-3-4-14(13(8-11)15(16,17)18)20-7-5-12(21)10-20/h3-4,8,12,19,21H,2,5-7,9-10H2,1H3. The highest BCUT2D eigenvalue weighted by Crippen LogP contribution is 2.38. The molecule has 1 aliphatic heterocycles. The van der Waals surface area contributed by atoms with Crippen LogP contribution in [0, 0.1) is 0 Å². The number of hydrogen-bond acceptors (Lipinski definition) is 3. The highest BCUT2D eigenvalue weighted by atomic mass is 19.4. The molecule has 1 fully saturated rings. The van der Waals surface area contributed by atoms with Gasteiger partial charge in [-0.3, -0.25) is 0 Å². The van der Waals surface area contributed by atoms with E-state index in [-0.39, 0.29) is 12.2 Å². The van der Waals surface area contributed by atoms with Crippen LogP contribution in [0.15, 0.2) is 18.2 Å². The molecule has 3 nitrogen and oxygen atoms in total. The first kappa shape index (κ1) is 16.1. The van der Waals surface area contributed by atoms with Gasteiger partial charge in [-0.2, -0.15) is 13.2 Å². The molecular weight excluding hydrogens is 281 g/mol. The molecule has 1 aromatic carbocycles. The number of halogens is 3. The molecule has 0 aliphatic carbocycles. The lowest BCUT2D eigenvalue weighted by Gasteiger charge is -2.23. The molecule has 2 rings (SSSR count). The Labute approximate surface area is 122 Å². The van der Waals surface area contributed by atoms with Crippen LogP contribution >= 0.6 is 0 Å². The van der Waals surface area contributed by atoms with E-state index in [4.69, 9.17) is 0 Å². The van der Waals surface area contributed by atoms with Crippen molar-refractivity contribution in [3.05, 3.63) is 29.3 Å². The van der Waals surface area contributed by atoms with Crippen molar-refractivity contribution in [2.45, 2.75) is 38.6 Å². The van der Waals surface area contributed by atoms with E-state index in [2.05, 4.69) is 5.32 Å². The number of aliphatic hydroxyl groups excluding tert-OH is 1. The Morgan fingerprint density at radius 3 is 2.71 bits per heavy atom. The summed E-state index contributed by atoms with van der Waals surface area (Å²) in [6.07, 6.45) is -3.48. The summed E-state index contributed by atoms with van der Waals surface area (Å²) in [4.78, 5) is 1.61. The first-order valence-electron chi connectivity index (χ1n) is 7.25. The molecule has 1 atom stereocenters. The summed E-state index contributed by atoms with van der Waals surface area (Å²) in [5.74, 6) is 0. The third-order valence-corrected chi connectivity index (χ3v) is 3.63. The van der Waals surface area contributed by atoms with Crippen molar-refractivity contribution < 1.29 is 18.3 Å². The van der Waals surface area contributed by atoms with Crippen LogP contribution in [0.25, 0.3) is 0 Å². The monoisotopic (exact) mass is 302 g/mol. The number of benzene rings is 1. The zero-order valence-electron chi connectivity index (χ0n) is 12.1. The Balaban J connectivity index is 2.24. The number of β-amino-alcohol motifs (C(OH)–C–C–N with tert-alkyl or cyclic N) is 1. The van der Waals surface area contributed by atoms with Gasteiger partial charge < -0.3 is 15.3 Å². The van der Waals surface area contributed by atoms with Gasteiger partial charge in [-0.25, -0.2) is 0 Å². The van der Waals surface area contributed by atoms with Crippen molar-refractivity contribution in [3.63, 3.8) is 0 Å². The molecule has 0 saturated carbocycles. The number of rotatable bonds is 5. The summed E-state index contributed by atoms with van der Waals surface area (Å²) in [6.45, 7) is 3.94. The van der Waals surface area contributed by atoms with Gasteiger partial charge in [0.15, 0.2) is 0 Å². The maximum Gasteiger partial charge on any atom is 0.418 e. The summed E-state index contributed by atoms with van der Waals surface area (Å²) in [5.41, 5.74) is 0.171. The van der Waals surface area contributed by atoms with Crippen molar-refractivity contribution in [2.75, 3.05) is 24.5 Å². The second-order valence-electron chi connectivity index (χ2n) is 5.41. The second kappa shape index (κ2) is 6.66. The molecule has 2 N–H and O–H groups in total. The van der Waals surface area contributed by atoms with Gasteiger partial charge in [0.05, 0.1) is 11.7 Å². The fourth-order valence-corrected chi connectivity index (χ4v) is 2.57. The first-order valence-corrected chi connectivity index (χ1v) is 7.25. The Morgan fingerprint density at radius 1 is 1.38 bits per heavy atom. The minimum Gasteiger partial charge on any atom is -0.391 e. The maximum atomic E-state index is 13.3. The normalized spacial score (nSPS) is 19.3. The van der Waals surface area contributed by atoms with Gasteiger partial charge in [-0.1, -0.05) is 13.0 Å². The van der Waals surface area contributed by atoms with Crippen LogP contribution in [-0.2, 0) is 12.7 Å². The molecule has 0 amide bonds. The molecule has 1 aliphatic rings. The van der Waals surface area contributed by atoms with Crippen LogP contribution in [0.1, 0.15) is 30.9 Å². The molecule has 0 spiro atoms. The Hall–Kier alpha value is -1.27. The third kappa shape index (κ3) is 4.11. The lowest BCUT2D eigenvalue weighted by Crippen LogP contribution is -2.25. The minimum absolute atomic E-state index is 0.165. The minimum atomic E-state index is -4.39. The first-order chi connectivity index (χ1) is 9.91. The molecule has 0 aromatic heterocycles. The molecular formula is C15H21F3N2O. The number of nitrogens with zero attached hydrogens (tertiary/aromatic N) is 1. The van der Waals surface area contributed by atoms with Crippen LogP contribution in [0.4, 0.5) is 18.9 Å². The molecule has 118 valence electrons. The number of aliphatic hydroxyl groups is 1. The fourth-order valence-electron chi connectivity index (χ4n) is 2.57. The zero-order chi connectivity index (χ0) is 15.5. The average Bonchev–Trinajstić information content (AvgIpc) is 2.84. The highest BCUT2D eigenvalue weighted by molar-refractivity contribution is 5.57. The predicted molar refractivity (Wildman–Crippen MR) is 76.3 cm³/mol. The van der Waals surface area contributed by atoms with Gasteiger partial charge in [0, 0.05) is 25.3 Å². The van der Waals surface area contributed by atoms with E-state index in [0.29, 0.717) is 25.1 Å². The van der Waals surface area contributed by atoms with Crippen LogP contribution in [0.2, 0.25) is 0 Å². The number of nitrogens with one attached hydrogen (secondary N) is 1. The quantitative estimate of drug-likeness (QED) is 0.821. The van der Waals surface area contributed by atoms with Crippen LogP contribution < -0.4 is 10.2 Å². The van der Waals surface area contributed by atoms with E-state index < -0.39 is 17.8 Å². The summed E-state index contributed by atoms with van der Waals surface area (Å²) in [6, 6.07) is 4.45. The Bertz CT molecular complexity index is 476. The van der Waals surface area contributed by atoms with E-state index in [1.165, 1.54) is 12.1 Å². The molecule has 0 radical (unpaired) electrons. The SMILES string of the molecule is CCCNCc1ccc(N2CCC(O)C2)c(C(F)(F)F)c1. The molecule has 0 bridgehead atoms. The van der Waals surface area contributed by atoms with Crippen molar-refractivity contribution >= 4 is 5.69 Å². The van der Waals surface area contributed by atoms with Crippen LogP contribution in [-0.4, -0.2) is 30.8 Å². The summed E-state index contributed by atoms with van der Waals surface area (Å²) in [5, 5.41) is 12.6. The Morgan fingerprint density at radius 2 is 2.14 bits per heavy atom. The fraction of sp³-hybridized carbons (Fsp3) is 0.600. The lowest BCUT2D eigenvalue weighted by atomic mass is 10.1. The number of hydrogen-bond donors (Lipinski definition) is 2. The van der Waals surface area contributed by atoms with Gasteiger partial charge in [0.25, 0.3) is 0 Å². The van der Waals surface area contributed by atoms with Gasteiger partial charge in [0.2, 0.25) is 0 Å². The van der Waals surface area contributed by atoms with Crippen LogP contribution in [0.5, 0.6) is 0 Å².